The predicted octanol–water partition coefficient (Wildman–Crippen LogP) is 2.42. The lowest BCUT2D eigenvalue weighted by Crippen LogP contribution is -2.50. The van der Waals surface area contributed by atoms with Crippen molar-refractivity contribution in [2.45, 2.75) is 37.8 Å². The lowest BCUT2D eigenvalue weighted by Gasteiger charge is -2.39. The third kappa shape index (κ3) is 2.67. The molecule has 2 aromatic rings. The molecule has 23 heavy (non-hydrogen) atoms. The van der Waals surface area contributed by atoms with Gasteiger partial charge in [-0.3, -0.25) is 4.79 Å². The number of nitrogens with zero attached hydrogens (tertiary/aromatic N) is 3. The average Bonchev–Trinajstić information content (AvgIpc) is 3.28. The SMILES string of the molecule is Cc1ccc(C(=O)N2CCCC3(CC(n4ccnc4)CO3)C2)o1. The van der Waals surface area contributed by atoms with E-state index in [0.717, 1.165) is 31.6 Å². The molecule has 2 atom stereocenters. The van der Waals surface area contributed by atoms with Gasteiger partial charge in [-0.15, -0.1) is 0 Å². The molecule has 2 unspecified atom stereocenters. The Kier molecular flexibility index (Phi) is 3.49. The van der Waals surface area contributed by atoms with Gasteiger partial charge in [-0.25, -0.2) is 4.98 Å². The second-order valence-electron chi connectivity index (χ2n) is 6.60. The second-order valence-corrected chi connectivity index (χ2v) is 6.60. The van der Waals surface area contributed by atoms with Gasteiger partial charge >= 0.3 is 0 Å². The number of hydrogen-bond donors (Lipinski definition) is 0. The fourth-order valence-electron chi connectivity index (χ4n) is 3.76. The average molecular weight is 315 g/mol. The van der Waals surface area contributed by atoms with Gasteiger partial charge in [0.05, 0.1) is 31.1 Å². The molecule has 4 heterocycles. The van der Waals surface area contributed by atoms with Crippen LogP contribution in [-0.4, -0.2) is 45.7 Å². The van der Waals surface area contributed by atoms with Gasteiger partial charge in [-0.2, -0.15) is 0 Å². The van der Waals surface area contributed by atoms with Crippen molar-refractivity contribution in [1.82, 2.24) is 14.5 Å². The van der Waals surface area contributed by atoms with Crippen LogP contribution in [0.3, 0.4) is 0 Å². The van der Waals surface area contributed by atoms with Gasteiger partial charge in [0.25, 0.3) is 5.91 Å². The largest absolute Gasteiger partial charge is 0.456 e. The quantitative estimate of drug-likeness (QED) is 0.854. The van der Waals surface area contributed by atoms with Crippen LogP contribution in [0.25, 0.3) is 0 Å². The number of likely N-dealkylation sites (tertiary alicyclic amines) is 1. The van der Waals surface area contributed by atoms with Gasteiger partial charge in [-0.05, 0) is 31.9 Å². The van der Waals surface area contributed by atoms with Crippen molar-refractivity contribution >= 4 is 5.91 Å². The van der Waals surface area contributed by atoms with E-state index in [9.17, 15) is 4.79 Å². The smallest absolute Gasteiger partial charge is 0.289 e. The molecule has 1 spiro atoms. The molecule has 0 aliphatic carbocycles. The number of hydrogen-bond acceptors (Lipinski definition) is 4. The Labute approximate surface area is 135 Å². The Morgan fingerprint density at radius 3 is 3.09 bits per heavy atom. The summed E-state index contributed by atoms with van der Waals surface area (Å²) in [7, 11) is 0. The third-order valence-corrected chi connectivity index (χ3v) is 4.91. The number of piperidine rings is 1. The van der Waals surface area contributed by atoms with E-state index in [4.69, 9.17) is 9.15 Å². The van der Waals surface area contributed by atoms with Crippen LogP contribution >= 0.6 is 0 Å². The fraction of sp³-hybridized carbons (Fsp3) is 0.529. The molecule has 2 aromatic heterocycles. The summed E-state index contributed by atoms with van der Waals surface area (Å²) in [6.45, 7) is 3.93. The second kappa shape index (κ2) is 5.53. The Morgan fingerprint density at radius 1 is 1.43 bits per heavy atom. The first-order chi connectivity index (χ1) is 11.2. The first-order valence-corrected chi connectivity index (χ1v) is 8.12. The molecular weight excluding hydrogens is 294 g/mol. The molecule has 2 saturated heterocycles. The van der Waals surface area contributed by atoms with E-state index in [2.05, 4.69) is 9.55 Å². The molecule has 0 saturated carbocycles. The Hall–Kier alpha value is -2.08. The van der Waals surface area contributed by atoms with Crippen LogP contribution in [0.15, 0.2) is 35.3 Å². The summed E-state index contributed by atoms with van der Waals surface area (Å²) in [4.78, 5) is 18.6. The first-order valence-electron chi connectivity index (χ1n) is 8.12. The van der Waals surface area contributed by atoms with E-state index < -0.39 is 0 Å². The van der Waals surface area contributed by atoms with Crippen molar-refractivity contribution in [2.24, 2.45) is 0 Å². The van der Waals surface area contributed by atoms with Gasteiger partial charge in [0, 0.05) is 25.4 Å². The normalized spacial score (nSPS) is 27.7. The Balaban J connectivity index is 1.48. The summed E-state index contributed by atoms with van der Waals surface area (Å²) < 4.78 is 13.8. The maximum absolute atomic E-state index is 12.6. The van der Waals surface area contributed by atoms with E-state index in [0.29, 0.717) is 25.0 Å². The minimum Gasteiger partial charge on any atom is -0.456 e. The van der Waals surface area contributed by atoms with E-state index >= 15 is 0 Å². The maximum Gasteiger partial charge on any atom is 0.289 e. The topological polar surface area (TPSA) is 60.5 Å². The Morgan fingerprint density at radius 2 is 2.35 bits per heavy atom. The summed E-state index contributed by atoms with van der Waals surface area (Å²) in [5, 5.41) is 0. The van der Waals surface area contributed by atoms with Gasteiger partial charge in [0.15, 0.2) is 5.76 Å². The molecule has 2 aliphatic rings. The number of aryl methyl sites for hydroxylation is 1. The van der Waals surface area contributed by atoms with E-state index in [1.807, 2.05) is 30.4 Å². The molecule has 0 radical (unpaired) electrons. The molecule has 122 valence electrons. The molecular formula is C17H21N3O3. The lowest BCUT2D eigenvalue weighted by atomic mass is 9.88. The van der Waals surface area contributed by atoms with Crippen molar-refractivity contribution in [3.05, 3.63) is 42.4 Å². The highest BCUT2D eigenvalue weighted by molar-refractivity contribution is 5.91. The third-order valence-electron chi connectivity index (χ3n) is 4.91. The van der Waals surface area contributed by atoms with E-state index in [1.165, 1.54) is 0 Å². The minimum atomic E-state index is -0.232. The molecule has 0 N–H and O–H groups in total. The van der Waals surface area contributed by atoms with Crippen LogP contribution < -0.4 is 0 Å². The van der Waals surface area contributed by atoms with E-state index in [1.54, 1.807) is 12.3 Å². The number of ether oxygens (including phenoxy) is 1. The van der Waals surface area contributed by atoms with Gasteiger partial charge in [0.1, 0.15) is 5.76 Å². The molecule has 0 bridgehead atoms. The highest BCUT2D eigenvalue weighted by Gasteiger charge is 2.45. The van der Waals surface area contributed by atoms with Crippen LogP contribution in [0.4, 0.5) is 0 Å². The van der Waals surface area contributed by atoms with Gasteiger partial charge < -0.3 is 18.6 Å². The van der Waals surface area contributed by atoms with Gasteiger partial charge in [-0.1, -0.05) is 0 Å². The summed E-state index contributed by atoms with van der Waals surface area (Å²) in [5.74, 6) is 1.15. The van der Waals surface area contributed by atoms with Gasteiger partial charge in [0.2, 0.25) is 0 Å². The highest BCUT2D eigenvalue weighted by atomic mass is 16.5. The highest BCUT2D eigenvalue weighted by Crippen LogP contribution is 2.39. The zero-order chi connectivity index (χ0) is 15.9. The molecule has 6 heteroatoms. The van der Waals surface area contributed by atoms with Crippen molar-refractivity contribution in [3.63, 3.8) is 0 Å². The van der Waals surface area contributed by atoms with Crippen molar-refractivity contribution in [1.29, 1.82) is 0 Å². The number of aromatic nitrogens is 2. The summed E-state index contributed by atoms with van der Waals surface area (Å²) >= 11 is 0. The van der Waals surface area contributed by atoms with E-state index in [-0.39, 0.29) is 11.5 Å². The molecule has 2 aliphatic heterocycles. The molecule has 0 aromatic carbocycles. The maximum atomic E-state index is 12.6. The summed E-state index contributed by atoms with van der Waals surface area (Å²) in [6, 6.07) is 3.88. The molecule has 4 rings (SSSR count). The van der Waals surface area contributed by atoms with Crippen LogP contribution in [0, 0.1) is 6.92 Å². The zero-order valence-electron chi connectivity index (χ0n) is 13.3. The molecule has 2 fully saturated rings. The fourth-order valence-corrected chi connectivity index (χ4v) is 3.76. The van der Waals surface area contributed by atoms with Crippen molar-refractivity contribution < 1.29 is 13.9 Å². The zero-order valence-corrected chi connectivity index (χ0v) is 13.3. The number of furan rings is 1. The van der Waals surface area contributed by atoms with Crippen LogP contribution in [0.5, 0.6) is 0 Å². The van der Waals surface area contributed by atoms with Crippen LogP contribution in [0.1, 0.15) is 41.6 Å². The minimum absolute atomic E-state index is 0.0353. The monoisotopic (exact) mass is 315 g/mol. The van der Waals surface area contributed by atoms with Crippen LogP contribution in [0.2, 0.25) is 0 Å². The Bertz CT molecular complexity index is 694. The predicted molar refractivity (Wildman–Crippen MR) is 83.1 cm³/mol. The number of amides is 1. The molecule has 6 nitrogen and oxygen atoms in total. The van der Waals surface area contributed by atoms with Crippen LogP contribution in [-0.2, 0) is 4.74 Å². The lowest BCUT2D eigenvalue weighted by molar-refractivity contribution is -0.0454. The van der Waals surface area contributed by atoms with Crippen molar-refractivity contribution in [3.8, 4) is 0 Å². The number of carbonyl (C=O) groups is 1. The number of rotatable bonds is 2. The number of carbonyl (C=O) groups excluding carboxylic acids is 1. The summed E-state index contributed by atoms with van der Waals surface area (Å²) in [5.41, 5.74) is -0.232. The summed E-state index contributed by atoms with van der Waals surface area (Å²) in [6.07, 6.45) is 8.49. The first kappa shape index (κ1) is 14.5. The van der Waals surface area contributed by atoms with Crippen molar-refractivity contribution in [2.75, 3.05) is 19.7 Å². The number of imidazole rings is 1. The standard InChI is InChI=1S/C17H21N3O3/c1-13-3-4-15(23-13)16(21)19-7-2-5-17(11-19)9-14(10-22-17)20-8-6-18-12-20/h3-4,6,8,12,14H,2,5,7,9-11H2,1H3. The molecule has 1 amide bonds.